The molecular weight excluding hydrogens is 615 g/mol. The van der Waals surface area contributed by atoms with Crippen molar-refractivity contribution in [3.63, 3.8) is 0 Å². The van der Waals surface area contributed by atoms with Gasteiger partial charge in [0.25, 0.3) is 0 Å². The van der Waals surface area contributed by atoms with Crippen molar-refractivity contribution in [2.75, 3.05) is 13.1 Å². The third kappa shape index (κ3) is 19.7. The van der Waals surface area contributed by atoms with Gasteiger partial charge in [-0.05, 0) is 97.6 Å². The molecule has 9 heteroatoms. The minimum Gasteiger partial charge on any atom is -0.550 e. The number of carboxylic acid groups (broad SMARTS) is 2. The summed E-state index contributed by atoms with van der Waals surface area (Å²) in [5, 5.41) is 39.3. The monoisotopic (exact) mass is 669 g/mol. The van der Waals surface area contributed by atoms with E-state index in [1.54, 1.807) is 12.4 Å². The molecule has 0 heterocycles. The molecule has 0 fully saturated rings. The standard InChI is InChI=1S/C32H48N2O2.2C2H4O2.Co/c1-21(2)9-11-25-15-27(31(35)29(17-25)23(5)6)19-33-13-14-34-20-28-16-26(12-10-22(3)4)18-30(24(7)8)32(28)36;2*1-2(3)4;/h15-24,35-36H,9-14H2,1-8H3;2*1H3,(H,3,4);/q;;;+2/p-2. The summed E-state index contributed by atoms with van der Waals surface area (Å²) in [6.07, 6.45) is 7.80. The summed E-state index contributed by atoms with van der Waals surface area (Å²) < 4.78 is 0. The zero-order chi connectivity index (χ0) is 34.0. The second kappa shape index (κ2) is 23.2. The van der Waals surface area contributed by atoms with E-state index in [0.717, 1.165) is 61.8 Å². The number of hydrogen-bond acceptors (Lipinski definition) is 8. The van der Waals surface area contributed by atoms with Gasteiger partial charge in [0.15, 0.2) is 0 Å². The number of aliphatic imine (C=N–C) groups is 2. The molecule has 45 heavy (non-hydrogen) atoms. The van der Waals surface area contributed by atoms with Crippen molar-refractivity contribution in [2.24, 2.45) is 21.8 Å². The Morgan fingerprint density at radius 2 is 0.956 bits per heavy atom. The maximum atomic E-state index is 10.8. The van der Waals surface area contributed by atoms with Gasteiger partial charge in [0.2, 0.25) is 0 Å². The van der Waals surface area contributed by atoms with Crippen molar-refractivity contribution in [2.45, 2.75) is 107 Å². The Morgan fingerprint density at radius 3 is 1.20 bits per heavy atom. The van der Waals surface area contributed by atoms with E-state index in [1.165, 1.54) is 11.1 Å². The Hall–Kier alpha value is -3.17. The minimum atomic E-state index is -1.08. The summed E-state index contributed by atoms with van der Waals surface area (Å²) in [6.45, 7) is 20.3. The Labute approximate surface area is 281 Å². The molecule has 0 amide bonds. The van der Waals surface area contributed by atoms with Gasteiger partial charge in [-0.3, -0.25) is 9.98 Å². The summed E-state index contributed by atoms with van der Waals surface area (Å²) in [7, 11) is 0. The summed E-state index contributed by atoms with van der Waals surface area (Å²) in [5.41, 5.74) is 6.01. The van der Waals surface area contributed by atoms with E-state index in [-0.39, 0.29) is 28.6 Å². The number of benzene rings is 2. The number of phenolic OH excluding ortho intramolecular Hbond substituents is 2. The number of carbonyl (C=O) groups excluding carboxylic acids is 2. The SMILES string of the molecule is CC(=O)[O-].CC(=O)[O-].CC(C)CCc1cc(C=NCCN=Cc2cc(CCC(C)C)cc(C(C)C)c2O)c(O)c(C(C)C)c1.[Co+2]. The molecule has 0 aliphatic rings. The molecule has 8 nitrogen and oxygen atoms in total. The first-order chi connectivity index (χ1) is 20.5. The molecule has 0 saturated heterocycles. The molecule has 0 spiro atoms. The van der Waals surface area contributed by atoms with Gasteiger partial charge in [0.05, 0.1) is 13.1 Å². The summed E-state index contributed by atoms with van der Waals surface area (Å²) >= 11 is 0. The van der Waals surface area contributed by atoms with E-state index in [4.69, 9.17) is 19.8 Å². The average Bonchev–Trinajstić information content (AvgIpc) is 2.89. The van der Waals surface area contributed by atoms with E-state index in [0.29, 0.717) is 36.4 Å². The third-order valence-electron chi connectivity index (χ3n) is 6.54. The fourth-order valence-corrected chi connectivity index (χ4v) is 4.21. The van der Waals surface area contributed by atoms with Crippen LogP contribution in [0.3, 0.4) is 0 Å². The molecule has 2 N–H and O–H groups in total. The molecule has 2 aromatic carbocycles. The predicted octanol–water partition coefficient (Wildman–Crippen LogP) is 5.57. The van der Waals surface area contributed by atoms with Crippen LogP contribution in [0.5, 0.6) is 11.5 Å². The number of rotatable bonds is 13. The summed E-state index contributed by atoms with van der Waals surface area (Å²) in [4.78, 5) is 26.9. The fraction of sp³-hybridized carbons (Fsp3) is 0.556. The Bertz CT molecular complexity index is 1130. The normalized spacial score (nSPS) is 11.1. The van der Waals surface area contributed by atoms with Crippen LogP contribution in [-0.2, 0) is 39.2 Å². The molecule has 0 atom stereocenters. The van der Waals surface area contributed by atoms with Crippen LogP contribution in [0.15, 0.2) is 34.3 Å². The zero-order valence-electron chi connectivity index (χ0n) is 28.8. The summed E-state index contributed by atoms with van der Waals surface area (Å²) in [5.74, 6) is 0.275. The van der Waals surface area contributed by atoms with Crippen LogP contribution in [0.25, 0.3) is 0 Å². The van der Waals surface area contributed by atoms with Crippen molar-refractivity contribution < 1.29 is 46.8 Å². The van der Waals surface area contributed by atoms with Gasteiger partial charge < -0.3 is 30.0 Å². The first kappa shape index (κ1) is 44.0. The van der Waals surface area contributed by atoms with Gasteiger partial charge in [-0.2, -0.15) is 0 Å². The first-order valence-corrected chi connectivity index (χ1v) is 15.5. The van der Waals surface area contributed by atoms with Gasteiger partial charge in [0.1, 0.15) is 11.5 Å². The van der Waals surface area contributed by atoms with E-state index in [1.807, 2.05) is 0 Å². The minimum absolute atomic E-state index is 0. The number of aromatic hydroxyl groups is 2. The van der Waals surface area contributed by atoms with Crippen LogP contribution >= 0.6 is 0 Å². The molecule has 1 radical (unpaired) electrons. The van der Waals surface area contributed by atoms with Gasteiger partial charge in [-0.1, -0.05) is 67.5 Å². The molecule has 0 aliphatic heterocycles. The molecule has 2 aromatic rings. The molecule has 0 saturated carbocycles. The number of aryl methyl sites for hydroxylation is 2. The van der Waals surface area contributed by atoms with Crippen LogP contribution < -0.4 is 10.2 Å². The van der Waals surface area contributed by atoms with Gasteiger partial charge in [-0.15, -0.1) is 0 Å². The summed E-state index contributed by atoms with van der Waals surface area (Å²) in [6, 6.07) is 8.39. The predicted molar refractivity (Wildman–Crippen MR) is 177 cm³/mol. The van der Waals surface area contributed by atoms with Crippen LogP contribution in [0.1, 0.15) is 127 Å². The number of aliphatic carboxylic acids is 2. The first-order valence-electron chi connectivity index (χ1n) is 15.5. The van der Waals surface area contributed by atoms with Crippen molar-refractivity contribution in [3.05, 3.63) is 57.6 Å². The van der Waals surface area contributed by atoms with Gasteiger partial charge >= 0.3 is 16.8 Å². The topological polar surface area (TPSA) is 145 Å². The maximum absolute atomic E-state index is 10.8. The van der Waals surface area contributed by atoms with Crippen LogP contribution in [0.4, 0.5) is 0 Å². The number of hydrogen-bond donors (Lipinski definition) is 2. The van der Waals surface area contributed by atoms with Gasteiger partial charge in [0, 0.05) is 35.5 Å². The quantitative estimate of drug-likeness (QED) is 0.211. The Kier molecular flexibility index (Phi) is 22.7. The van der Waals surface area contributed by atoms with E-state index in [9.17, 15) is 10.2 Å². The number of phenols is 2. The molecular formula is C36H54CoN2O6. The van der Waals surface area contributed by atoms with Crippen molar-refractivity contribution in [3.8, 4) is 11.5 Å². The number of carbonyl (C=O) groups is 2. The van der Waals surface area contributed by atoms with Crippen molar-refractivity contribution in [1.29, 1.82) is 0 Å². The smallest absolute Gasteiger partial charge is 0.550 e. The Balaban J connectivity index is 0. The molecule has 0 aromatic heterocycles. The number of nitrogens with zero attached hydrogens (tertiary/aromatic N) is 2. The molecule has 2 rings (SSSR count). The number of carboxylic acids is 2. The molecule has 0 aliphatic carbocycles. The van der Waals surface area contributed by atoms with E-state index >= 15 is 0 Å². The average molecular weight is 670 g/mol. The van der Waals surface area contributed by atoms with Crippen molar-refractivity contribution >= 4 is 24.4 Å². The second-order valence-corrected chi connectivity index (χ2v) is 12.5. The third-order valence-corrected chi connectivity index (χ3v) is 6.54. The van der Waals surface area contributed by atoms with Crippen LogP contribution in [-0.4, -0.2) is 47.7 Å². The van der Waals surface area contributed by atoms with Gasteiger partial charge in [-0.25, -0.2) is 0 Å². The van der Waals surface area contributed by atoms with Crippen LogP contribution in [0.2, 0.25) is 0 Å². The van der Waals surface area contributed by atoms with E-state index in [2.05, 4.69) is 89.6 Å². The largest absolute Gasteiger partial charge is 2.00 e. The Morgan fingerprint density at radius 1 is 0.667 bits per heavy atom. The molecule has 0 unspecified atom stereocenters. The van der Waals surface area contributed by atoms with Crippen molar-refractivity contribution in [1.82, 2.24) is 0 Å². The van der Waals surface area contributed by atoms with E-state index < -0.39 is 11.9 Å². The second-order valence-electron chi connectivity index (χ2n) is 12.5. The fourth-order valence-electron chi connectivity index (χ4n) is 4.21. The molecule has 0 bridgehead atoms. The zero-order valence-corrected chi connectivity index (χ0v) is 29.8. The maximum Gasteiger partial charge on any atom is 2.00 e. The molecule has 253 valence electrons. The van der Waals surface area contributed by atoms with Crippen LogP contribution in [0, 0.1) is 11.8 Å².